The van der Waals surface area contributed by atoms with E-state index < -0.39 is 0 Å². The molecule has 0 spiro atoms. The van der Waals surface area contributed by atoms with Gasteiger partial charge >= 0.3 is 0 Å². The fourth-order valence-corrected chi connectivity index (χ4v) is 2.47. The lowest BCUT2D eigenvalue weighted by Gasteiger charge is -2.28. The minimum atomic E-state index is -0.0379. The molecule has 0 bridgehead atoms. The third-order valence-corrected chi connectivity index (χ3v) is 3.47. The van der Waals surface area contributed by atoms with Crippen molar-refractivity contribution in [1.82, 2.24) is 4.90 Å². The molecule has 1 atom stereocenters. The molecule has 0 fully saturated rings. The molecule has 2 N–H and O–H groups in total. The van der Waals surface area contributed by atoms with Crippen molar-refractivity contribution in [1.29, 1.82) is 0 Å². The Morgan fingerprint density at radius 1 is 1.25 bits per heavy atom. The highest BCUT2D eigenvalue weighted by molar-refractivity contribution is 5.60. The molecule has 0 aliphatic heterocycles. The number of hydrogen-bond acceptors (Lipinski definition) is 4. The van der Waals surface area contributed by atoms with Crippen molar-refractivity contribution in [2.75, 3.05) is 45.7 Å². The highest BCUT2D eigenvalue weighted by atomic mass is 16.5. The number of ether oxygens (including phenoxy) is 1. The predicted octanol–water partition coefficient (Wildman–Crippen LogP) is 2.49. The van der Waals surface area contributed by atoms with E-state index in [1.54, 1.807) is 7.11 Å². The van der Waals surface area contributed by atoms with Gasteiger partial charge in [0.05, 0.1) is 7.11 Å². The minimum Gasteiger partial charge on any atom is -0.496 e. The van der Waals surface area contributed by atoms with Gasteiger partial charge < -0.3 is 20.3 Å². The zero-order valence-corrected chi connectivity index (χ0v) is 13.5. The van der Waals surface area contributed by atoms with Crippen molar-refractivity contribution in [2.24, 2.45) is 5.73 Å². The maximum atomic E-state index is 6.15. The third kappa shape index (κ3) is 4.39. The van der Waals surface area contributed by atoms with Crippen LogP contribution in [0.5, 0.6) is 5.75 Å². The van der Waals surface area contributed by atoms with Crippen LogP contribution in [0.15, 0.2) is 18.2 Å². The van der Waals surface area contributed by atoms with Crippen LogP contribution in [0, 0.1) is 0 Å². The molecule has 0 aromatic heterocycles. The molecule has 114 valence electrons. The Morgan fingerprint density at radius 3 is 2.45 bits per heavy atom. The van der Waals surface area contributed by atoms with Crippen molar-refractivity contribution < 1.29 is 4.74 Å². The van der Waals surface area contributed by atoms with Crippen LogP contribution in [-0.2, 0) is 0 Å². The predicted molar refractivity (Wildman–Crippen MR) is 86.7 cm³/mol. The molecule has 1 rings (SSSR count). The molecular weight excluding hydrogens is 250 g/mol. The van der Waals surface area contributed by atoms with Crippen molar-refractivity contribution in [3.8, 4) is 5.75 Å². The van der Waals surface area contributed by atoms with Crippen LogP contribution in [-0.4, -0.2) is 45.7 Å². The van der Waals surface area contributed by atoms with Crippen LogP contribution in [0.25, 0.3) is 0 Å². The lowest BCUT2D eigenvalue weighted by molar-refractivity contribution is 0.399. The second kappa shape index (κ2) is 8.12. The molecule has 0 heterocycles. The van der Waals surface area contributed by atoms with E-state index in [2.05, 4.69) is 36.9 Å². The minimum absolute atomic E-state index is 0.0379. The fourth-order valence-electron chi connectivity index (χ4n) is 2.47. The number of rotatable bonds is 8. The zero-order valence-electron chi connectivity index (χ0n) is 13.5. The summed E-state index contributed by atoms with van der Waals surface area (Å²) in [5.74, 6) is 0.878. The number of anilines is 1. The molecule has 1 aromatic rings. The Bertz CT molecular complexity index is 405. The lowest BCUT2D eigenvalue weighted by Crippen LogP contribution is -2.28. The van der Waals surface area contributed by atoms with Gasteiger partial charge in [0, 0.05) is 30.4 Å². The monoisotopic (exact) mass is 279 g/mol. The molecular formula is C16H29N3O. The zero-order chi connectivity index (χ0) is 15.1. The van der Waals surface area contributed by atoms with E-state index in [9.17, 15) is 0 Å². The van der Waals surface area contributed by atoms with Gasteiger partial charge in [-0.25, -0.2) is 0 Å². The van der Waals surface area contributed by atoms with Gasteiger partial charge in [-0.15, -0.1) is 0 Å². The summed E-state index contributed by atoms with van der Waals surface area (Å²) in [6.45, 7) is 7.28. The van der Waals surface area contributed by atoms with E-state index in [1.165, 1.54) is 5.69 Å². The van der Waals surface area contributed by atoms with Gasteiger partial charge in [0.1, 0.15) is 5.75 Å². The molecule has 0 unspecified atom stereocenters. The summed E-state index contributed by atoms with van der Waals surface area (Å²) >= 11 is 0. The molecule has 0 saturated carbocycles. The van der Waals surface area contributed by atoms with E-state index in [-0.39, 0.29) is 6.04 Å². The molecule has 20 heavy (non-hydrogen) atoms. The molecule has 0 aliphatic rings. The molecule has 0 saturated heterocycles. The van der Waals surface area contributed by atoms with Gasteiger partial charge in [-0.3, -0.25) is 0 Å². The van der Waals surface area contributed by atoms with Crippen molar-refractivity contribution in [2.45, 2.75) is 26.3 Å². The maximum absolute atomic E-state index is 6.15. The largest absolute Gasteiger partial charge is 0.496 e. The SMILES string of the molecule is CCN(CCCN(C)C)c1cccc(OC)c1[C@H](C)N. The maximum Gasteiger partial charge on any atom is 0.125 e. The van der Waals surface area contributed by atoms with E-state index in [4.69, 9.17) is 10.5 Å². The van der Waals surface area contributed by atoms with Gasteiger partial charge in [0.15, 0.2) is 0 Å². The van der Waals surface area contributed by atoms with Gasteiger partial charge in [0.25, 0.3) is 0 Å². The van der Waals surface area contributed by atoms with Crippen LogP contribution >= 0.6 is 0 Å². The summed E-state index contributed by atoms with van der Waals surface area (Å²) in [6, 6.07) is 6.12. The molecule has 4 heteroatoms. The highest BCUT2D eigenvalue weighted by Crippen LogP contribution is 2.33. The second-order valence-corrected chi connectivity index (χ2v) is 5.42. The first-order chi connectivity index (χ1) is 9.51. The lowest BCUT2D eigenvalue weighted by atomic mass is 10.0. The van der Waals surface area contributed by atoms with Crippen molar-refractivity contribution in [3.05, 3.63) is 23.8 Å². The first-order valence-electron chi connectivity index (χ1n) is 7.33. The van der Waals surface area contributed by atoms with E-state index in [0.717, 1.165) is 37.4 Å². The van der Waals surface area contributed by atoms with Crippen molar-refractivity contribution >= 4 is 5.69 Å². The normalized spacial score (nSPS) is 12.6. The Morgan fingerprint density at radius 2 is 1.95 bits per heavy atom. The van der Waals surface area contributed by atoms with E-state index >= 15 is 0 Å². The quantitative estimate of drug-likeness (QED) is 0.794. The van der Waals surface area contributed by atoms with Gasteiger partial charge in [-0.05, 0) is 53.0 Å². The summed E-state index contributed by atoms with van der Waals surface area (Å²) < 4.78 is 5.47. The highest BCUT2D eigenvalue weighted by Gasteiger charge is 2.17. The number of benzene rings is 1. The van der Waals surface area contributed by atoms with Gasteiger partial charge in [-0.2, -0.15) is 0 Å². The van der Waals surface area contributed by atoms with Gasteiger partial charge in [0.2, 0.25) is 0 Å². The van der Waals surface area contributed by atoms with E-state index in [1.807, 2.05) is 19.1 Å². The number of hydrogen-bond donors (Lipinski definition) is 1. The van der Waals surface area contributed by atoms with Crippen LogP contribution in [0.3, 0.4) is 0 Å². The summed E-state index contributed by atoms with van der Waals surface area (Å²) in [6.07, 6.45) is 1.14. The Hall–Kier alpha value is -1.26. The molecule has 1 aromatic carbocycles. The molecule has 4 nitrogen and oxygen atoms in total. The summed E-state index contributed by atoms with van der Waals surface area (Å²) in [7, 11) is 5.91. The van der Waals surface area contributed by atoms with Crippen molar-refractivity contribution in [3.63, 3.8) is 0 Å². The van der Waals surface area contributed by atoms with Crippen LogP contribution < -0.4 is 15.4 Å². The average Bonchev–Trinajstić information content (AvgIpc) is 2.42. The number of nitrogens with two attached hydrogens (primary N) is 1. The number of nitrogens with zero attached hydrogens (tertiary/aromatic N) is 2. The first kappa shape index (κ1) is 16.8. The summed E-state index contributed by atoms with van der Waals surface area (Å²) in [5, 5.41) is 0. The van der Waals surface area contributed by atoms with E-state index in [0.29, 0.717) is 0 Å². The fraction of sp³-hybridized carbons (Fsp3) is 0.625. The topological polar surface area (TPSA) is 41.7 Å². The smallest absolute Gasteiger partial charge is 0.125 e. The molecule has 0 aliphatic carbocycles. The van der Waals surface area contributed by atoms with Gasteiger partial charge in [-0.1, -0.05) is 6.07 Å². The van der Waals surface area contributed by atoms with Crippen LogP contribution in [0.2, 0.25) is 0 Å². The second-order valence-electron chi connectivity index (χ2n) is 5.42. The third-order valence-electron chi connectivity index (χ3n) is 3.47. The number of methoxy groups -OCH3 is 1. The van der Waals surface area contributed by atoms with Crippen LogP contribution in [0.4, 0.5) is 5.69 Å². The Labute approximate surface area is 123 Å². The Kier molecular flexibility index (Phi) is 6.82. The first-order valence-corrected chi connectivity index (χ1v) is 7.33. The summed E-state index contributed by atoms with van der Waals surface area (Å²) in [5.41, 5.74) is 8.44. The molecule has 0 amide bonds. The molecule has 0 radical (unpaired) electrons. The summed E-state index contributed by atoms with van der Waals surface area (Å²) in [4.78, 5) is 4.59. The Balaban J connectivity index is 2.96. The van der Waals surface area contributed by atoms with Crippen LogP contribution in [0.1, 0.15) is 31.9 Å². The average molecular weight is 279 g/mol. The standard InChI is InChI=1S/C16H29N3O/c1-6-19(12-8-11-18(3)4)14-9-7-10-15(20-5)16(14)13(2)17/h7,9-10,13H,6,8,11-12,17H2,1-5H3/t13-/m0/s1.